The van der Waals surface area contributed by atoms with Gasteiger partial charge in [-0.05, 0) is 54.1 Å². The summed E-state index contributed by atoms with van der Waals surface area (Å²) < 4.78 is 0. The Bertz CT molecular complexity index is 2160. The summed E-state index contributed by atoms with van der Waals surface area (Å²) in [6.07, 6.45) is 14.8. The fourth-order valence-electron chi connectivity index (χ4n) is 5.61. The van der Waals surface area contributed by atoms with Crippen molar-refractivity contribution >= 4 is 22.2 Å². The van der Waals surface area contributed by atoms with Crippen molar-refractivity contribution in [2.75, 3.05) is 0 Å². The molecule has 0 radical (unpaired) electrons. The van der Waals surface area contributed by atoms with E-state index in [9.17, 15) is 0 Å². The minimum absolute atomic E-state index is 0.829. The number of H-pyrrole nitrogens is 2. The van der Waals surface area contributed by atoms with Crippen molar-refractivity contribution < 1.29 is 0 Å². The number of aromatic amines is 2. The average Bonchev–Trinajstić information content (AvgIpc) is 3.88. The molecular weight excluding hydrogens is 552 g/mol. The number of fused-ring (bicyclic) bond motifs is 1. The first-order valence-corrected chi connectivity index (χ1v) is 14.6. The highest BCUT2D eigenvalue weighted by Gasteiger charge is 2.26. The number of benzene rings is 1. The third kappa shape index (κ3) is 4.30. The first-order chi connectivity index (χ1) is 21.4. The highest BCUT2D eigenvalue weighted by Crippen LogP contribution is 2.49. The maximum Gasteiger partial charge on any atom is 0.124 e. The Balaban J connectivity index is 1.57. The summed E-state index contributed by atoms with van der Waals surface area (Å²) in [5.74, 6) is 0. The molecule has 0 saturated heterocycles. The van der Waals surface area contributed by atoms with Crippen LogP contribution in [-0.4, -0.2) is 40.1 Å². The Morgan fingerprint density at radius 1 is 0.651 bits per heavy atom. The normalized spacial score (nSPS) is 11.3. The van der Waals surface area contributed by atoms with E-state index in [0.29, 0.717) is 0 Å². The largest absolute Gasteiger partial charge is 0.360 e. The van der Waals surface area contributed by atoms with Crippen molar-refractivity contribution in [2.24, 2.45) is 0 Å². The summed E-state index contributed by atoms with van der Waals surface area (Å²) in [7, 11) is 0. The van der Waals surface area contributed by atoms with Gasteiger partial charge in [0, 0.05) is 93.7 Å². The first kappa shape index (κ1) is 25.0. The highest BCUT2D eigenvalue weighted by molar-refractivity contribution is 7.13. The molecule has 0 spiro atoms. The van der Waals surface area contributed by atoms with E-state index in [1.165, 1.54) is 0 Å². The van der Waals surface area contributed by atoms with Crippen LogP contribution in [0.4, 0.5) is 0 Å². The van der Waals surface area contributed by atoms with Gasteiger partial charge in [-0.25, -0.2) is 9.97 Å². The van der Waals surface area contributed by atoms with Gasteiger partial charge in [-0.3, -0.25) is 20.1 Å². The number of nitrogens with one attached hydrogen (secondary N) is 2. The zero-order chi connectivity index (χ0) is 28.6. The summed E-state index contributed by atoms with van der Waals surface area (Å²) in [4.78, 5) is 27.1. The van der Waals surface area contributed by atoms with Crippen LogP contribution in [0.1, 0.15) is 0 Å². The Hall–Kier alpha value is -5.80. The zero-order valence-corrected chi connectivity index (χ0v) is 23.5. The van der Waals surface area contributed by atoms with E-state index in [-0.39, 0.29) is 0 Å². The number of thiazole rings is 1. The third-order valence-corrected chi connectivity index (χ3v) is 8.20. The number of rotatable bonds is 6. The van der Waals surface area contributed by atoms with Crippen LogP contribution in [0.2, 0.25) is 0 Å². The van der Waals surface area contributed by atoms with Gasteiger partial charge in [-0.15, -0.1) is 11.3 Å². The van der Waals surface area contributed by atoms with Crippen molar-refractivity contribution in [3.05, 3.63) is 122 Å². The second-order valence-electron chi connectivity index (χ2n) is 9.85. The number of hydrogen-bond acceptors (Lipinski definition) is 7. The number of hydrogen-bond donors (Lipinski definition) is 2. The maximum absolute atomic E-state index is 5.34. The number of nitrogens with zero attached hydrogens (tertiary/aromatic N) is 6. The molecular formula is C34H22N8S. The molecule has 7 aromatic heterocycles. The molecule has 1 aromatic carbocycles. The molecule has 43 heavy (non-hydrogen) atoms. The molecule has 204 valence electrons. The molecule has 7 heterocycles. The van der Waals surface area contributed by atoms with Crippen LogP contribution in [0.3, 0.4) is 0 Å². The van der Waals surface area contributed by atoms with Crippen LogP contribution in [0.15, 0.2) is 122 Å². The fourth-order valence-corrected chi connectivity index (χ4v) is 6.31. The lowest BCUT2D eigenvalue weighted by atomic mass is 9.86. The molecule has 9 heteroatoms. The van der Waals surface area contributed by atoms with Crippen molar-refractivity contribution in [3.63, 3.8) is 0 Å². The molecule has 8 rings (SSSR count). The van der Waals surface area contributed by atoms with E-state index in [0.717, 1.165) is 77.6 Å². The van der Waals surface area contributed by atoms with Gasteiger partial charge in [-0.1, -0.05) is 18.2 Å². The Morgan fingerprint density at radius 2 is 1.60 bits per heavy atom. The van der Waals surface area contributed by atoms with Crippen molar-refractivity contribution in [1.29, 1.82) is 0 Å². The smallest absolute Gasteiger partial charge is 0.124 e. The van der Waals surface area contributed by atoms with Crippen LogP contribution in [0.25, 0.3) is 77.6 Å². The molecule has 0 aliphatic rings. The SMILES string of the molecule is c1ccc(-c2c(-c3cccnc3)c(-c3ccncc3)nc3ccc(-c4c[nH]nc4-c4ccc[nH]4)c(-c4nccs4)c23)nc1. The van der Waals surface area contributed by atoms with Gasteiger partial charge in [0.15, 0.2) is 0 Å². The summed E-state index contributed by atoms with van der Waals surface area (Å²) in [5.41, 5.74) is 11.0. The second-order valence-corrected chi connectivity index (χ2v) is 10.7. The van der Waals surface area contributed by atoms with Gasteiger partial charge in [0.05, 0.1) is 22.6 Å². The molecule has 0 fully saturated rings. The molecule has 0 aliphatic carbocycles. The van der Waals surface area contributed by atoms with Crippen LogP contribution in [0.5, 0.6) is 0 Å². The van der Waals surface area contributed by atoms with Crippen LogP contribution < -0.4 is 0 Å². The van der Waals surface area contributed by atoms with Crippen LogP contribution in [-0.2, 0) is 0 Å². The van der Waals surface area contributed by atoms with E-state index < -0.39 is 0 Å². The van der Waals surface area contributed by atoms with Crippen LogP contribution in [0, 0.1) is 0 Å². The van der Waals surface area contributed by atoms with Crippen molar-refractivity contribution in [3.8, 4) is 66.7 Å². The van der Waals surface area contributed by atoms with Gasteiger partial charge < -0.3 is 4.98 Å². The minimum Gasteiger partial charge on any atom is -0.360 e. The Labute approximate surface area is 250 Å². The topological polar surface area (TPSA) is 109 Å². The maximum atomic E-state index is 5.34. The molecule has 0 atom stereocenters. The molecule has 8 nitrogen and oxygen atoms in total. The number of pyridine rings is 4. The monoisotopic (exact) mass is 574 g/mol. The van der Waals surface area contributed by atoms with Gasteiger partial charge in [0.1, 0.15) is 10.7 Å². The van der Waals surface area contributed by atoms with Gasteiger partial charge >= 0.3 is 0 Å². The summed E-state index contributed by atoms with van der Waals surface area (Å²) in [6, 6.07) is 22.2. The number of aromatic nitrogens is 8. The lowest BCUT2D eigenvalue weighted by Gasteiger charge is -2.21. The fraction of sp³-hybridized carbons (Fsp3) is 0. The lowest BCUT2D eigenvalue weighted by Crippen LogP contribution is -2.00. The first-order valence-electron chi connectivity index (χ1n) is 13.7. The molecule has 2 N–H and O–H groups in total. The minimum atomic E-state index is 0.829. The summed E-state index contributed by atoms with van der Waals surface area (Å²) in [6.45, 7) is 0. The van der Waals surface area contributed by atoms with Gasteiger partial charge in [0.2, 0.25) is 0 Å². The molecule has 0 bridgehead atoms. The summed E-state index contributed by atoms with van der Waals surface area (Å²) >= 11 is 1.59. The highest BCUT2D eigenvalue weighted by atomic mass is 32.1. The van der Waals surface area contributed by atoms with E-state index in [4.69, 9.17) is 15.0 Å². The van der Waals surface area contributed by atoms with E-state index >= 15 is 0 Å². The lowest BCUT2D eigenvalue weighted by molar-refractivity contribution is 1.09. The quantitative estimate of drug-likeness (QED) is 0.209. The predicted molar refractivity (Wildman–Crippen MR) is 170 cm³/mol. The second kappa shape index (κ2) is 10.6. The molecule has 0 unspecified atom stereocenters. The standard InChI is InChI=1S/C34H22N8S/c1-2-13-37-25(6-1)30-28(22-5-3-12-36-19-22)32(21-10-15-35-16-11-21)41-26-9-8-23(29(31(26)30)34-39-17-18-43-34)24-20-40-42-33(24)27-7-4-14-38-27/h1-20,38H,(H,40,42). The molecule has 0 amide bonds. The van der Waals surface area contributed by atoms with Gasteiger partial charge in [-0.2, -0.15) is 5.10 Å². The Kier molecular flexibility index (Phi) is 6.12. The van der Waals surface area contributed by atoms with Crippen LogP contribution >= 0.6 is 11.3 Å². The van der Waals surface area contributed by atoms with Crippen molar-refractivity contribution in [2.45, 2.75) is 0 Å². The predicted octanol–water partition coefficient (Wildman–Crippen LogP) is 7.93. The molecule has 0 saturated carbocycles. The van der Waals surface area contributed by atoms with E-state index in [1.54, 1.807) is 29.9 Å². The molecule has 8 aromatic rings. The summed E-state index contributed by atoms with van der Waals surface area (Å²) in [5, 5.41) is 11.6. The third-order valence-electron chi connectivity index (χ3n) is 7.41. The van der Waals surface area contributed by atoms with E-state index in [2.05, 4.69) is 43.3 Å². The molecule has 0 aliphatic heterocycles. The zero-order valence-electron chi connectivity index (χ0n) is 22.6. The van der Waals surface area contributed by atoms with E-state index in [1.807, 2.05) is 84.9 Å². The van der Waals surface area contributed by atoms with Gasteiger partial charge in [0.25, 0.3) is 0 Å². The van der Waals surface area contributed by atoms with Crippen molar-refractivity contribution in [1.82, 2.24) is 40.1 Å². The average molecular weight is 575 g/mol. The Morgan fingerprint density at radius 3 is 2.37 bits per heavy atom.